The van der Waals surface area contributed by atoms with E-state index in [1.54, 1.807) is 0 Å². The Bertz CT molecular complexity index is 1660. The fraction of sp³-hybridized carbons (Fsp3) is 0.290. The molecule has 0 aliphatic carbocycles. The van der Waals surface area contributed by atoms with E-state index >= 15 is 0 Å². The molecule has 1 unspecified atom stereocenters. The van der Waals surface area contributed by atoms with Crippen LogP contribution in [0.3, 0.4) is 0 Å². The molecule has 1 fully saturated rings. The molecule has 0 amide bonds. The van der Waals surface area contributed by atoms with Gasteiger partial charge in [0.1, 0.15) is 11.4 Å². The summed E-state index contributed by atoms with van der Waals surface area (Å²) >= 11 is 0. The molecule has 0 saturated carbocycles. The van der Waals surface area contributed by atoms with Crippen molar-refractivity contribution in [3.8, 4) is 28.0 Å². The number of benzene rings is 3. The van der Waals surface area contributed by atoms with E-state index in [0.717, 1.165) is 64.1 Å². The predicted molar refractivity (Wildman–Crippen MR) is 160 cm³/mol. The molecular formula is C31H35N5O3S. The maximum absolute atomic E-state index is 12.1. The average Bonchev–Trinajstić information content (AvgIpc) is 3.36. The van der Waals surface area contributed by atoms with Gasteiger partial charge in [-0.3, -0.25) is 4.90 Å². The van der Waals surface area contributed by atoms with Gasteiger partial charge in [-0.25, -0.2) is 9.50 Å². The Balaban J connectivity index is 0.00000323. The Hall–Kier alpha value is -3.63. The second kappa shape index (κ2) is 11.5. The molecule has 0 spiro atoms. The molecule has 1 saturated heterocycles. The first-order chi connectivity index (χ1) is 18.9. The van der Waals surface area contributed by atoms with Crippen LogP contribution < -0.4 is 9.88 Å². The van der Waals surface area contributed by atoms with Crippen molar-refractivity contribution in [2.75, 3.05) is 19.6 Å². The van der Waals surface area contributed by atoms with Gasteiger partial charge in [0.25, 0.3) is 0 Å². The summed E-state index contributed by atoms with van der Waals surface area (Å²) in [5.74, 6) is 0.866. The quantitative estimate of drug-likeness (QED) is 0.205. The molecule has 9 heteroatoms. The lowest BCUT2D eigenvalue weighted by Crippen LogP contribution is -2.44. The van der Waals surface area contributed by atoms with Crippen LogP contribution in [-0.4, -0.2) is 50.2 Å². The topological polar surface area (TPSA) is 116 Å². The van der Waals surface area contributed by atoms with Crippen molar-refractivity contribution in [2.45, 2.75) is 43.6 Å². The highest BCUT2D eigenvalue weighted by atomic mass is 32.2. The van der Waals surface area contributed by atoms with E-state index in [-0.39, 0.29) is 11.1 Å². The predicted octanol–water partition coefficient (Wildman–Crippen LogP) is 5.61. The Morgan fingerprint density at radius 1 is 0.900 bits per heavy atom. The largest absolute Gasteiger partial charge is 0.870 e. The first kappa shape index (κ1) is 27.9. The van der Waals surface area contributed by atoms with Crippen molar-refractivity contribution in [3.05, 3.63) is 79.3 Å². The van der Waals surface area contributed by atoms with E-state index in [0.29, 0.717) is 4.90 Å². The Morgan fingerprint density at radius 2 is 1.62 bits per heavy atom. The summed E-state index contributed by atoms with van der Waals surface area (Å²) in [5.41, 5.74) is 4.41. The monoisotopic (exact) mass is 557 g/mol. The van der Waals surface area contributed by atoms with E-state index in [2.05, 4.69) is 36.0 Å². The molecular weight excluding hydrogens is 522 g/mol. The number of hydrogen-bond donors (Lipinski definition) is 1. The Labute approximate surface area is 236 Å². The van der Waals surface area contributed by atoms with Gasteiger partial charge in [0.2, 0.25) is 0 Å². The second-order valence-electron chi connectivity index (χ2n) is 10.9. The molecule has 6 rings (SSSR count). The summed E-state index contributed by atoms with van der Waals surface area (Å²) in [5, 5.41) is 12.2. The molecule has 2 aromatic heterocycles. The van der Waals surface area contributed by atoms with Crippen molar-refractivity contribution in [1.29, 1.82) is 0 Å². The summed E-state index contributed by atoms with van der Waals surface area (Å²) in [7, 11) is -1.94. The summed E-state index contributed by atoms with van der Waals surface area (Å²) in [6.45, 7) is 7.57. The molecule has 3 aromatic carbocycles. The maximum atomic E-state index is 12.1. The van der Waals surface area contributed by atoms with Crippen molar-refractivity contribution in [2.24, 2.45) is 5.14 Å². The molecule has 208 valence electrons. The summed E-state index contributed by atoms with van der Waals surface area (Å²) in [6.07, 6.45) is 9.60. The van der Waals surface area contributed by atoms with E-state index in [4.69, 9.17) is 14.9 Å². The summed E-state index contributed by atoms with van der Waals surface area (Å²) < 4.78 is 20.3. The molecule has 8 nitrogen and oxygen atoms in total. The van der Waals surface area contributed by atoms with Crippen molar-refractivity contribution >= 4 is 27.4 Å². The van der Waals surface area contributed by atoms with Gasteiger partial charge >= 0.3 is 0 Å². The molecule has 1 atom stereocenters. The van der Waals surface area contributed by atoms with Gasteiger partial charge in [0, 0.05) is 35.5 Å². The molecule has 1 aliphatic rings. The number of piperidine rings is 1. The van der Waals surface area contributed by atoms with Gasteiger partial charge in [-0.1, -0.05) is 41.0 Å². The average molecular weight is 558 g/mol. The fourth-order valence-corrected chi connectivity index (χ4v) is 6.30. The zero-order chi connectivity index (χ0) is 27.0. The standard InChI is InChI=1S/C31H33N5O2S.H2O/c1-31(2,21-35-16-6-3-7-17-35)38-24-12-10-22(11-13-24)23-18-33-30-28(19-34-36(30)20-23)26-14-15-29(39(32)37)27-9-5-4-8-25(26)27;/h4-5,8-15,18-20H,3,6-7,16-17,21H2,1-2H3,(H2,32,37);1H2. The highest BCUT2D eigenvalue weighted by molar-refractivity contribution is 7.82. The summed E-state index contributed by atoms with van der Waals surface area (Å²) in [6, 6.07) is 19.9. The van der Waals surface area contributed by atoms with E-state index in [1.165, 1.54) is 19.3 Å². The highest BCUT2D eigenvalue weighted by Crippen LogP contribution is 2.34. The van der Waals surface area contributed by atoms with Crippen LogP contribution in [0.5, 0.6) is 5.75 Å². The first-order valence-electron chi connectivity index (χ1n) is 13.5. The van der Waals surface area contributed by atoms with Crippen LogP contribution in [0, 0.1) is 0 Å². The van der Waals surface area contributed by atoms with Crippen molar-refractivity contribution < 1.29 is 14.4 Å². The number of hydrogen-bond acceptors (Lipinski definition) is 6. The number of rotatable bonds is 7. The highest BCUT2D eigenvalue weighted by Gasteiger charge is 2.25. The molecule has 1 aliphatic heterocycles. The number of thiol groups is 1. The maximum Gasteiger partial charge on any atom is 0.182 e. The number of nitrogens with zero attached hydrogens (tertiary/aromatic N) is 4. The number of aromatic nitrogens is 3. The van der Waals surface area contributed by atoms with E-state index in [1.807, 2.05) is 71.6 Å². The van der Waals surface area contributed by atoms with Gasteiger partial charge < -0.3 is 10.2 Å². The van der Waals surface area contributed by atoms with Crippen LogP contribution in [0.15, 0.2) is 84.1 Å². The Morgan fingerprint density at radius 3 is 2.35 bits per heavy atom. The number of fused-ring (bicyclic) bond motifs is 2. The van der Waals surface area contributed by atoms with Crippen molar-refractivity contribution in [3.63, 3.8) is 0 Å². The smallest absolute Gasteiger partial charge is 0.182 e. The number of likely N-dealkylation sites (tertiary alicyclic amines) is 1. The van der Waals surface area contributed by atoms with Crippen LogP contribution in [0.25, 0.3) is 38.7 Å². The van der Waals surface area contributed by atoms with Crippen LogP contribution >= 0.6 is 0 Å². The van der Waals surface area contributed by atoms with Crippen LogP contribution in [-0.2, 0) is 15.2 Å². The van der Waals surface area contributed by atoms with E-state index in [9.17, 15) is 4.21 Å². The molecule has 3 N–H and O–H groups in total. The third kappa shape index (κ3) is 5.64. The van der Waals surface area contributed by atoms with Crippen LogP contribution in [0.4, 0.5) is 0 Å². The van der Waals surface area contributed by atoms with Gasteiger partial charge in [-0.15, -0.1) is 5.14 Å². The lowest BCUT2D eigenvalue weighted by atomic mass is 10.00. The zero-order valence-corrected chi connectivity index (χ0v) is 23.7. The zero-order valence-electron chi connectivity index (χ0n) is 22.8. The van der Waals surface area contributed by atoms with Gasteiger partial charge in [-0.05, 0) is 86.6 Å². The van der Waals surface area contributed by atoms with Gasteiger partial charge in [-0.2, -0.15) is 5.10 Å². The number of ether oxygens (including phenoxy) is 1. The van der Waals surface area contributed by atoms with E-state index < -0.39 is 11.0 Å². The lowest BCUT2D eigenvalue weighted by Gasteiger charge is -2.35. The lowest BCUT2D eigenvalue weighted by molar-refractivity contribution is 0.0520. The third-order valence-electron chi connectivity index (χ3n) is 7.42. The first-order valence-corrected chi connectivity index (χ1v) is 14.8. The minimum atomic E-state index is -1.94. The minimum Gasteiger partial charge on any atom is -0.870 e. The van der Waals surface area contributed by atoms with Gasteiger partial charge in [0.15, 0.2) is 21.5 Å². The molecule has 0 radical (unpaired) electrons. The Kier molecular flexibility index (Phi) is 8.00. The fourth-order valence-electron chi connectivity index (χ4n) is 5.65. The molecule has 5 aromatic rings. The normalized spacial score (nSPS) is 15.2. The van der Waals surface area contributed by atoms with Crippen LogP contribution in [0.2, 0.25) is 0 Å². The summed E-state index contributed by atoms with van der Waals surface area (Å²) in [4.78, 5) is 7.95. The molecule has 3 heterocycles. The SMILES string of the molecule is CC(C)(CN1CCCCC1)Oc1ccc(-c2cnc3c(-c4ccc([SH+](N)=O)c5ccccc45)cnn3c2)cc1.[OH-]. The molecule has 40 heavy (non-hydrogen) atoms. The van der Waals surface area contributed by atoms with Gasteiger partial charge in [0.05, 0.1) is 6.20 Å². The van der Waals surface area contributed by atoms with Crippen LogP contribution in [0.1, 0.15) is 33.1 Å². The third-order valence-corrected chi connectivity index (χ3v) is 8.28. The number of nitrogens with two attached hydrogens (primary N) is 1. The second-order valence-corrected chi connectivity index (χ2v) is 12.0. The molecule has 0 bridgehead atoms. The van der Waals surface area contributed by atoms with Crippen molar-refractivity contribution in [1.82, 2.24) is 19.5 Å². The minimum absolute atomic E-state index is 0.